The van der Waals surface area contributed by atoms with Crippen molar-refractivity contribution < 1.29 is 14.3 Å². The Morgan fingerprint density at radius 3 is 2.57 bits per heavy atom. The number of hydrogen-bond acceptors (Lipinski definition) is 5. The van der Waals surface area contributed by atoms with Crippen LogP contribution in [0.5, 0.6) is 11.5 Å². The topological polar surface area (TPSA) is 51.7 Å². The van der Waals surface area contributed by atoms with Crippen molar-refractivity contribution in [1.29, 1.82) is 0 Å². The summed E-state index contributed by atoms with van der Waals surface area (Å²) in [5.41, 5.74) is 1.57. The van der Waals surface area contributed by atoms with Gasteiger partial charge in [0.2, 0.25) is 0 Å². The highest BCUT2D eigenvalue weighted by molar-refractivity contribution is 7.18. The fourth-order valence-electron chi connectivity index (χ4n) is 3.57. The second kappa shape index (κ2) is 7.97. The number of piperidine rings is 1. The van der Waals surface area contributed by atoms with Gasteiger partial charge >= 0.3 is 0 Å². The van der Waals surface area contributed by atoms with E-state index in [1.165, 1.54) is 0 Å². The molecule has 4 rings (SSSR count). The molecule has 0 aliphatic carbocycles. The molecule has 0 radical (unpaired) electrons. The summed E-state index contributed by atoms with van der Waals surface area (Å²) in [7, 11) is 3.16. The Labute approximate surface area is 172 Å². The molecule has 1 aliphatic heterocycles. The first-order chi connectivity index (χ1) is 13.6. The number of likely N-dealkylation sites (tertiary alicyclic amines) is 1. The Morgan fingerprint density at radius 1 is 1.11 bits per heavy atom. The third kappa shape index (κ3) is 3.66. The van der Waals surface area contributed by atoms with Crippen molar-refractivity contribution in [1.82, 2.24) is 9.88 Å². The molecule has 1 saturated heterocycles. The average molecular weight is 417 g/mol. The number of nitrogens with zero attached hydrogens (tertiary/aromatic N) is 2. The Kier molecular flexibility index (Phi) is 5.42. The van der Waals surface area contributed by atoms with E-state index in [-0.39, 0.29) is 5.91 Å². The van der Waals surface area contributed by atoms with Crippen LogP contribution in [0, 0.1) is 0 Å². The summed E-state index contributed by atoms with van der Waals surface area (Å²) in [6.07, 6.45) is 1.82. The van der Waals surface area contributed by atoms with E-state index in [2.05, 4.69) is 0 Å². The van der Waals surface area contributed by atoms with E-state index < -0.39 is 0 Å². The minimum Gasteiger partial charge on any atom is -0.493 e. The van der Waals surface area contributed by atoms with Crippen LogP contribution in [-0.2, 0) is 0 Å². The molecule has 0 atom stereocenters. The van der Waals surface area contributed by atoms with Crippen LogP contribution in [0.25, 0.3) is 10.2 Å². The summed E-state index contributed by atoms with van der Waals surface area (Å²) >= 11 is 7.79. The van der Waals surface area contributed by atoms with Gasteiger partial charge in [0.25, 0.3) is 5.91 Å². The molecule has 1 aliphatic rings. The molecule has 5 nitrogen and oxygen atoms in total. The number of fused-ring (bicyclic) bond motifs is 1. The SMILES string of the molecule is COc1ccc(C(=O)N2CCC(c3nc4cc(Cl)ccc4s3)CC2)cc1OC. The molecule has 0 bridgehead atoms. The molecule has 0 N–H and O–H groups in total. The van der Waals surface area contributed by atoms with Crippen molar-refractivity contribution in [2.24, 2.45) is 0 Å². The van der Waals surface area contributed by atoms with Crippen molar-refractivity contribution in [2.75, 3.05) is 27.3 Å². The fourth-order valence-corrected chi connectivity index (χ4v) is 4.86. The van der Waals surface area contributed by atoms with Crippen LogP contribution < -0.4 is 9.47 Å². The molecule has 1 amide bonds. The minimum absolute atomic E-state index is 0.0236. The van der Waals surface area contributed by atoms with E-state index in [0.717, 1.165) is 28.1 Å². The number of benzene rings is 2. The van der Waals surface area contributed by atoms with E-state index in [9.17, 15) is 4.79 Å². The third-order valence-electron chi connectivity index (χ3n) is 5.13. The molecule has 0 spiro atoms. The maximum atomic E-state index is 12.9. The molecular formula is C21H21ClN2O3S. The number of thiazole rings is 1. The lowest BCUT2D eigenvalue weighted by atomic mass is 9.97. The first kappa shape index (κ1) is 19.0. The third-order valence-corrected chi connectivity index (χ3v) is 6.56. The number of hydrogen-bond donors (Lipinski definition) is 0. The number of halogens is 1. The lowest BCUT2D eigenvalue weighted by Crippen LogP contribution is -2.37. The molecule has 3 aromatic rings. The molecule has 2 heterocycles. The van der Waals surface area contributed by atoms with Crippen molar-refractivity contribution >= 4 is 39.1 Å². The van der Waals surface area contributed by atoms with Crippen LogP contribution in [0.2, 0.25) is 5.02 Å². The van der Waals surface area contributed by atoms with E-state index in [0.29, 0.717) is 41.1 Å². The zero-order valence-electron chi connectivity index (χ0n) is 15.8. The first-order valence-electron chi connectivity index (χ1n) is 9.16. The summed E-state index contributed by atoms with van der Waals surface area (Å²) in [5.74, 6) is 1.59. The molecule has 146 valence electrons. The Balaban J connectivity index is 1.45. The van der Waals surface area contributed by atoms with Gasteiger partial charge in [-0.25, -0.2) is 4.98 Å². The maximum Gasteiger partial charge on any atom is 0.253 e. The Hall–Kier alpha value is -2.31. The summed E-state index contributed by atoms with van der Waals surface area (Å²) < 4.78 is 11.7. The normalized spacial score (nSPS) is 15.0. The quantitative estimate of drug-likeness (QED) is 0.601. The van der Waals surface area contributed by atoms with E-state index >= 15 is 0 Å². The zero-order chi connectivity index (χ0) is 19.7. The second-order valence-corrected chi connectivity index (χ2v) is 8.30. The van der Waals surface area contributed by atoms with Crippen LogP contribution in [0.3, 0.4) is 0 Å². The molecule has 1 fully saturated rings. The fraction of sp³-hybridized carbons (Fsp3) is 0.333. The number of aromatic nitrogens is 1. The molecule has 0 unspecified atom stereocenters. The largest absolute Gasteiger partial charge is 0.493 e. The van der Waals surface area contributed by atoms with Crippen LogP contribution in [0.15, 0.2) is 36.4 Å². The lowest BCUT2D eigenvalue weighted by molar-refractivity contribution is 0.0712. The van der Waals surface area contributed by atoms with Gasteiger partial charge in [-0.3, -0.25) is 4.79 Å². The molecule has 7 heteroatoms. The van der Waals surface area contributed by atoms with Crippen LogP contribution in [-0.4, -0.2) is 43.1 Å². The van der Waals surface area contributed by atoms with Crippen molar-refractivity contribution in [3.63, 3.8) is 0 Å². The highest BCUT2D eigenvalue weighted by Crippen LogP contribution is 2.35. The van der Waals surface area contributed by atoms with Gasteiger partial charge in [0.05, 0.1) is 29.4 Å². The highest BCUT2D eigenvalue weighted by Gasteiger charge is 2.27. The standard InChI is InChI=1S/C21H21ClN2O3S/c1-26-17-5-3-14(11-18(17)27-2)21(25)24-9-7-13(8-10-24)20-23-16-12-15(22)4-6-19(16)28-20/h3-6,11-13H,7-10H2,1-2H3. The molecule has 28 heavy (non-hydrogen) atoms. The van der Waals surface area contributed by atoms with Crippen LogP contribution in [0.1, 0.15) is 34.1 Å². The monoisotopic (exact) mass is 416 g/mol. The number of ether oxygens (including phenoxy) is 2. The molecule has 1 aromatic heterocycles. The average Bonchev–Trinajstić information content (AvgIpc) is 3.16. The van der Waals surface area contributed by atoms with E-state index in [4.69, 9.17) is 26.1 Å². The van der Waals surface area contributed by atoms with Crippen LogP contribution >= 0.6 is 22.9 Å². The smallest absolute Gasteiger partial charge is 0.253 e. The predicted octanol–water partition coefficient (Wildman–Crippen LogP) is 4.99. The van der Waals surface area contributed by atoms with Crippen molar-refractivity contribution in [2.45, 2.75) is 18.8 Å². The lowest BCUT2D eigenvalue weighted by Gasteiger charge is -2.31. The number of methoxy groups -OCH3 is 2. The number of amides is 1. The number of carbonyl (C=O) groups is 1. The number of carbonyl (C=O) groups excluding carboxylic acids is 1. The van der Waals surface area contributed by atoms with Crippen LogP contribution in [0.4, 0.5) is 0 Å². The van der Waals surface area contributed by atoms with Gasteiger partial charge in [0, 0.05) is 29.6 Å². The summed E-state index contributed by atoms with van der Waals surface area (Å²) in [5, 5.41) is 1.84. The van der Waals surface area contributed by atoms with Gasteiger partial charge in [-0.1, -0.05) is 11.6 Å². The Morgan fingerprint density at radius 2 is 1.86 bits per heavy atom. The number of rotatable bonds is 4. The first-order valence-corrected chi connectivity index (χ1v) is 10.4. The van der Waals surface area contributed by atoms with Gasteiger partial charge in [0.15, 0.2) is 11.5 Å². The molecule has 2 aromatic carbocycles. The van der Waals surface area contributed by atoms with Gasteiger partial charge in [0.1, 0.15) is 0 Å². The van der Waals surface area contributed by atoms with Gasteiger partial charge in [-0.05, 0) is 49.2 Å². The van der Waals surface area contributed by atoms with Gasteiger partial charge < -0.3 is 14.4 Å². The summed E-state index contributed by atoms with van der Waals surface area (Å²) in [4.78, 5) is 19.6. The summed E-state index contributed by atoms with van der Waals surface area (Å²) in [6, 6.07) is 11.1. The van der Waals surface area contributed by atoms with Gasteiger partial charge in [-0.2, -0.15) is 0 Å². The van der Waals surface area contributed by atoms with E-state index in [1.54, 1.807) is 43.8 Å². The highest BCUT2D eigenvalue weighted by atomic mass is 35.5. The molecular weight excluding hydrogens is 396 g/mol. The van der Waals surface area contributed by atoms with E-state index in [1.807, 2.05) is 23.1 Å². The van der Waals surface area contributed by atoms with Crippen molar-refractivity contribution in [3.05, 3.63) is 52.0 Å². The van der Waals surface area contributed by atoms with Crippen molar-refractivity contribution in [3.8, 4) is 11.5 Å². The minimum atomic E-state index is 0.0236. The maximum absolute atomic E-state index is 12.9. The summed E-state index contributed by atoms with van der Waals surface area (Å²) in [6.45, 7) is 1.43. The van der Waals surface area contributed by atoms with Gasteiger partial charge in [-0.15, -0.1) is 11.3 Å². The second-order valence-electron chi connectivity index (χ2n) is 6.80. The predicted molar refractivity (Wildman–Crippen MR) is 112 cm³/mol. The Bertz CT molecular complexity index is 1010. The zero-order valence-corrected chi connectivity index (χ0v) is 17.3. The molecule has 0 saturated carbocycles.